The predicted octanol–water partition coefficient (Wildman–Crippen LogP) is 2.39. The van der Waals surface area contributed by atoms with E-state index in [-0.39, 0.29) is 6.79 Å². The quantitative estimate of drug-likeness (QED) is 0.593. The summed E-state index contributed by atoms with van der Waals surface area (Å²) >= 11 is 0. The Kier molecular flexibility index (Phi) is 4.20. The normalized spacial score (nSPS) is 14.9. The molecule has 0 N–H and O–H groups in total. The van der Waals surface area contributed by atoms with Gasteiger partial charge in [0.2, 0.25) is 0 Å². The number of aldehydes is 1. The van der Waals surface area contributed by atoms with E-state index in [0.29, 0.717) is 11.3 Å². The van der Waals surface area contributed by atoms with Gasteiger partial charge in [-0.3, -0.25) is 4.79 Å². The number of ether oxygens (including phenoxy) is 2. The Bertz CT molecular complexity index is 425. The Morgan fingerprint density at radius 3 is 2.67 bits per heavy atom. The summed E-state index contributed by atoms with van der Waals surface area (Å²) in [6, 6.07) is 4.00. The Morgan fingerprint density at radius 1 is 1.33 bits per heavy atom. The van der Waals surface area contributed by atoms with E-state index in [9.17, 15) is 4.79 Å². The van der Waals surface area contributed by atoms with E-state index >= 15 is 0 Å². The first-order valence-corrected chi connectivity index (χ1v) is 6.23. The fraction of sp³-hybridized carbons (Fsp3) is 0.500. The van der Waals surface area contributed by atoms with Gasteiger partial charge in [0.15, 0.2) is 13.1 Å². The molecule has 0 spiro atoms. The molecule has 0 aliphatic carbocycles. The van der Waals surface area contributed by atoms with Crippen LogP contribution >= 0.6 is 0 Å². The van der Waals surface area contributed by atoms with Crippen molar-refractivity contribution in [3.05, 3.63) is 23.3 Å². The van der Waals surface area contributed by atoms with Gasteiger partial charge in [0.1, 0.15) is 5.75 Å². The highest BCUT2D eigenvalue weighted by atomic mass is 16.7. The second kappa shape index (κ2) is 5.87. The molecule has 1 aromatic rings. The number of carbonyl (C=O) groups is 1. The van der Waals surface area contributed by atoms with E-state index in [1.165, 1.54) is 12.8 Å². The zero-order valence-corrected chi connectivity index (χ0v) is 10.9. The first kappa shape index (κ1) is 12.9. The molecule has 0 aromatic heterocycles. The lowest BCUT2D eigenvalue weighted by Crippen LogP contribution is -2.20. The molecule has 1 aliphatic rings. The molecule has 0 amide bonds. The van der Waals surface area contributed by atoms with Crippen LogP contribution < -0.4 is 9.64 Å². The van der Waals surface area contributed by atoms with Gasteiger partial charge in [0, 0.05) is 20.2 Å². The number of benzene rings is 1. The van der Waals surface area contributed by atoms with Crippen molar-refractivity contribution in [3.63, 3.8) is 0 Å². The lowest BCUT2D eigenvalue weighted by Gasteiger charge is -2.22. The van der Waals surface area contributed by atoms with E-state index in [0.717, 1.165) is 30.6 Å². The zero-order chi connectivity index (χ0) is 13.0. The summed E-state index contributed by atoms with van der Waals surface area (Å²) < 4.78 is 10.4. The van der Waals surface area contributed by atoms with Gasteiger partial charge in [-0.1, -0.05) is 6.07 Å². The number of carbonyl (C=O) groups excluding carboxylic acids is 1. The number of hydrogen-bond acceptors (Lipinski definition) is 4. The van der Waals surface area contributed by atoms with Gasteiger partial charge in [-0.05, 0) is 31.4 Å². The van der Waals surface area contributed by atoms with E-state index in [1.54, 1.807) is 7.11 Å². The minimum Gasteiger partial charge on any atom is -0.466 e. The van der Waals surface area contributed by atoms with Gasteiger partial charge in [-0.2, -0.15) is 0 Å². The first-order valence-electron chi connectivity index (χ1n) is 6.23. The average molecular weight is 249 g/mol. The van der Waals surface area contributed by atoms with Crippen molar-refractivity contribution in [2.45, 2.75) is 19.8 Å². The van der Waals surface area contributed by atoms with Gasteiger partial charge in [0.05, 0.1) is 11.3 Å². The SMILES string of the molecule is COCOc1c(C)ccc(N2CCCC2)c1C=O. The van der Waals surface area contributed by atoms with Crippen molar-refractivity contribution < 1.29 is 14.3 Å². The molecule has 0 unspecified atom stereocenters. The largest absolute Gasteiger partial charge is 0.466 e. The van der Waals surface area contributed by atoms with E-state index < -0.39 is 0 Å². The van der Waals surface area contributed by atoms with E-state index in [1.807, 2.05) is 19.1 Å². The van der Waals surface area contributed by atoms with Crippen molar-refractivity contribution in [1.82, 2.24) is 0 Å². The Hall–Kier alpha value is -1.55. The van der Waals surface area contributed by atoms with Crippen LogP contribution in [0, 0.1) is 6.92 Å². The summed E-state index contributed by atoms with van der Waals surface area (Å²) in [5, 5.41) is 0. The maximum atomic E-state index is 11.4. The third-order valence-electron chi connectivity index (χ3n) is 3.26. The summed E-state index contributed by atoms with van der Waals surface area (Å²) in [4.78, 5) is 13.6. The lowest BCUT2D eigenvalue weighted by molar-refractivity contribution is 0.0501. The van der Waals surface area contributed by atoms with E-state index in [4.69, 9.17) is 9.47 Å². The summed E-state index contributed by atoms with van der Waals surface area (Å²) in [5.74, 6) is 0.635. The highest BCUT2D eigenvalue weighted by molar-refractivity contribution is 5.89. The van der Waals surface area contributed by atoms with Gasteiger partial charge < -0.3 is 14.4 Å². The molecule has 18 heavy (non-hydrogen) atoms. The fourth-order valence-electron chi connectivity index (χ4n) is 2.36. The molecule has 1 heterocycles. The third kappa shape index (κ3) is 2.48. The smallest absolute Gasteiger partial charge is 0.188 e. The predicted molar refractivity (Wildman–Crippen MR) is 70.5 cm³/mol. The Morgan fingerprint density at radius 2 is 2.06 bits per heavy atom. The van der Waals surface area contributed by atoms with Crippen molar-refractivity contribution >= 4 is 12.0 Å². The fourth-order valence-corrected chi connectivity index (χ4v) is 2.36. The molecule has 1 saturated heterocycles. The average Bonchev–Trinajstić information content (AvgIpc) is 2.90. The molecule has 0 saturated carbocycles. The van der Waals surface area contributed by atoms with Crippen LogP contribution in [-0.4, -0.2) is 33.3 Å². The van der Waals surface area contributed by atoms with Crippen LogP contribution in [0.2, 0.25) is 0 Å². The molecule has 1 fully saturated rings. The van der Waals surface area contributed by atoms with Crippen LogP contribution in [0.15, 0.2) is 12.1 Å². The molecule has 1 aliphatic heterocycles. The minimum absolute atomic E-state index is 0.158. The molecule has 1 aromatic carbocycles. The molecule has 4 nitrogen and oxygen atoms in total. The van der Waals surface area contributed by atoms with Crippen molar-refractivity contribution in [2.24, 2.45) is 0 Å². The van der Waals surface area contributed by atoms with Gasteiger partial charge in [-0.25, -0.2) is 0 Å². The van der Waals surface area contributed by atoms with Crippen LogP contribution in [0.1, 0.15) is 28.8 Å². The summed E-state index contributed by atoms with van der Waals surface area (Å²) in [6.45, 7) is 4.11. The number of rotatable bonds is 5. The summed E-state index contributed by atoms with van der Waals surface area (Å²) in [5.41, 5.74) is 2.56. The van der Waals surface area contributed by atoms with Crippen molar-refractivity contribution in [1.29, 1.82) is 0 Å². The highest BCUT2D eigenvalue weighted by Crippen LogP contribution is 2.33. The Balaban J connectivity index is 2.37. The van der Waals surface area contributed by atoms with Crippen LogP contribution in [0.25, 0.3) is 0 Å². The first-order chi connectivity index (χ1) is 8.77. The van der Waals surface area contributed by atoms with Crippen molar-refractivity contribution in [3.8, 4) is 5.75 Å². The van der Waals surface area contributed by atoms with Crippen molar-refractivity contribution in [2.75, 3.05) is 31.9 Å². The maximum absolute atomic E-state index is 11.4. The van der Waals surface area contributed by atoms with Crippen LogP contribution in [-0.2, 0) is 4.74 Å². The number of anilines is 1. The Labute approximate surface area is 107 Å². The van der Waals surface area contributed by atoms with Crippen LogP contribution in [0.5, 0.6) is 5.75 Å². The molecule has 0 atom stereocenters. The topological polar surface area (TPSA) is 38.8 Å². The molecule has 0 radical (unpaired) electrons. The third-order valence-corrected chi connectivity index (χ3v) is 3.26. The molecular formula is C14H19NO3. The highest BCUT2D eigenvalue weighted by Gasteiger charge is 2.19. The number of methoxy groups -OCH3 is 1. The van der Waals surface area contributed by atoms with E-state index in [2.05, 4.69) is 4.90 Å². The summed E-state index contributed by atoms with van der Waals surface area (Å²) in [7, 11) is 1.57. The minimum atomic E-state index is 0.158. The van der Waals surface area contributed by atoms with Gasteiger partial charge in [0.25, 0.3) is 0 Å². The second-order valence-electron chi connectivity index (χ2n) is 4.51. The molecular weight excluding hydrogens is 230 g/mol. The van der Waals surface area contributed by atoms with Gasteiger partial charge in [-0.15, -0.1) is 0 Å². The molecule has 0 bridgehead atoms. The van der Waals surface area contributed by atoms with Gasteiger partial charge >= 0.3 is 0 Å². The number of nitrogens with zero attached hydrogens (tertiary/aromatic N) is 1. The monoisotopic (exact) mass is 249 g/mol. The molecule has 4 heteroatoms. The molecule has 2 rings (SSSR count). The maximum Gasteiger partial charge on any atom is 0.188 e. The summed E-state index contributed by atoms with van der Waals surface area (Å²) in [6.07, 6.45) is 3.24. The van der Waals surface area contributed by atoms with Crippen LogP contribution in [0.3, 0.4) is 0 Å². The lowest BCUT2D eigenvalue weighted by atomic mass is 10.1. The number of aryl methyl sites for hydroxylation is 1. The zero-order valence-electron chi connectivity index (χ0n) is 10.9. The standard InChI is InChI=1S/C14H19NO3/c1-11-5-6-13(15-7-3-4-8-15)12(9-16)14(11)18-10-17-2/h5-6,9H,3-4,7-8,10H2,1-2H3. The number of hydrogen-bond donors (Lipinski definition) is 0. The second-order valence-corrected chi connectivity index (χ2v) is 4.51. The van der Waals surface area contributed by atoms with Crippen LogP contribution in [0.4, 0.5) is 5.69 Å². The molecule has 98 valence electrons.